The fraction of sp³-hybridized carbons (Fsp3) is 0.308. The van der Waals surface area contributed by atoms with Gasteiger partial charge in [0.1, 0.15) is 6.61 Å². The fourth-order valence-electron chi connectivity index (χ4n) is 1.59. The molecule has 18 heavy (non-hydrogen) atoms. The van der Waals surface area contributed by atoms with Crippen molar-refractivity contribution in [1.82, 2.24) is 10.1 Å². The first-order valence-electron chi connectivity index (χ1n) is 5.64. The molecule has 0 fully saturated rings. The summed E-state index contributed by atoms with van der Waals surface area (Å²) in [6, 6.07) is 9.85. The Labute approximate surface area is 105 Å². The van der Waals surface area contributed by atoms with Crippen LogP contribution in [0.3, 0.4) is 0 Å². The van der Waals surface area contributed by atoms with Crippen LogP contribution in [-0.2, 0) is 22.4 Å². The van der Waals surface area contributed by atoms with Gasteiger partial charge < -0.3 is 9.26 Å². The Bertz CT molecular complexity index is 508. The molecule has 0 N–H and O–H groups in total. The molecule has 0 aliphatic heterocycles. The van der Waals surface area contributed by atoms with Crippen LogP contribution in [0.25, 0.3) is 0 Å². The number of rotatable bonds is 6. The monoisotopic (exact) mass is 246 g/mol. The van der Waals surface area contributed by atoms with E-state index in [0.717, 1.165) is 5.56 Å². The number of ether oxygens (including phenoxy) is 1. The summed E-state index contributed by atoms with van der Waals surface area (Å²) in [5.74, 6) is 0.844. The molecule has 0 aliphatic carbocycles. The highest BCUT2D eigenvalue weighted by Gasteiger charge is 2.11. The lowest BCUT2D eigenvalue weighted by Crippen LogP contribution is -2.09. The van der Waals surface area contributed by atoms with E-state index < -0.39 is 0 Å². The molecular formula is C13H14N2O3. The van der Waals surface area contributed by atoms with Crippen molar-refractivity contribution in [1.29, 1.82) is 0 Å². The first-order chi connectivity index (χ1) is 8.78. The molecule has 0 saturated heterocycles. The van der Waals surface area contributed by atoms with E-state index in [-0.39, 0.29) is 18.8 Å². The largest absolute Gasteiger partial charge is 0.377 e. The van der Waals surface area contributed by atoms with Gasteiger partial charge in [-0.1, -0.05) is 35.5 Å². The van der Waals surface area contributed by atoms with E-state index in [1.807, 2.05) is 30.3 Å². The van der Waals surface area contributed by atoms with Crippen molar-refractivity contribution in [2.24, 2.45) is 0 Å². The Morgan fingerprint density at radius 2 is 2.11 bits per heavy atom. The van der Waals surface area contributed by atoms with Gasteiger partial charge in [0.05, 0.1) is 6.42 Å². The second kappa shape index (κ2) is 6.07. The molecule has 0 amide bonds. The smallest absolute Gasteiger partial charge is 0.234 e. The van der Waals surface area contributed by atoms with Gasteiger partial charge in [-0.15, -0.1) is 0 Å². The van der Waals surface area contributed by atoms with E-state index in [1.54, 1.807) is 0 Å². The predicted octanol–water partition coefficient (Wildman–Crippen LogP) is 1.42. The highest BCUT2D eigenvalue weighted by molar-refractivity contribution is 5.81. The number of ketones is 1. The molecule has 0 radical (unpaired) electrons. The topological polar surface area (TPSA) is 65.2 Å². The Balaban J connectivity index is 1.96. The number of benzene rings is 1. The molecule has 5 nitrogen and oxygen atoms in total. The van der Waals surface area contributed by atoms with Crippen molar-refractivity contribution in [3.8, 4) is 0 Å². The van der Waals surface area contributed by atoms with Crippen LogP contribution < -0.4 is 0 Å². The molecule has 5 heteroatoms. The van der Waals surface area contributed by atoms with Crippen LogP contribution in [-0.4, -0.2) is 29.6 Å². The molecule has 94 valence electrons. The van der Waals surface area contributed by atoms with Gasteiger partial charge in [-0.2, -0.15) is 4.98 Å². The summed E-state index contributed by atoms with van der Waals surface area (Å²) in [4.78, 5) is 15.5. The zero-order valence-corrected chi connectivity index (χ0v) is 10.1. The van der Waals surface area contributed by atoms with Crippen molar-refractivity contribution in [2.75, 3.05) is 13.7 Å². The van der Waals surface area contributed by atoms with E-state index in [4.69, 9.17) is 9.26 Å². The second-order valence-electron chi connectivity index (χ2n) is 3.92. The molecule has 0 unspecified atom stereocenters. The third-order valence-electron chi connectivity index (χ3n) is 2.37. The molecule has 0 aliphatic rings. The minimum absolute atomic E-state index is 0.0659. The summed E-state index contributed by atoms with van der Waals surface area (Å²) in [6.45, 7) is 0.0659. The first kappa shape index (κ1) is 12.4. The van der Waals surface area contributed by atoms with E-state index in [9.17, 15) is 4.79 Å². The molecule has 0 atom stereocenters. The number of carbonyl (C=O) groups excluding carboxylic acids is 1. The van der Waals surface area contributed by atoms with Crippen molar-refractivity contribution in [3.63, 3.8) is 0 Å². The van der Waals surface area contributed by atoms with Crippen LogP contribution >= 0.6 is 0 Å². The third kappa shape index (κ3) is 3.49. The van der Waals surface area contributed by atoms with Crippen molar-refractivity contribution in [2.45, 2.75) is 12.8 Å². The lowest BCUT2D eigenvalue weighted by Gasteiger charge is -1.94. The average Bonchev–Trinajstić information content (AvgIpc) is 2.78. The fourth-order valence-corrected chi connectivity index (χ4v) is 1.59. The van der Waals surface area contributed by atoms with Crippen LogP contribution in [0.15, 0.2) is 34.9 Å². The average molecular weight is 246 g/mol. The highest BCUT2D eigenvalue weighted by Crippen LogP contribution is 2.07. The van der Waals surface area contributed by atoms with E-state index in [1.165, 1.54) is 7.11 Å². The van der Waals surface area contributed by atoms with Crippen LogP contribution in [0.2, 0.25) is 0 Å². The summed E-state index contributed by atoms with van der Waals surface area (Å²) in [7, 11) is 1.48. The van der Waals surface area contributed by atoms with E-state index >= 15 is 0 Å². The summed E-state index contributed by atoms with van der Waals surface area (Å²) >= 11 is 0. The lowest BCUT2D eigenvalue weighted by molar-refractivity contribution is -0.122. The maximum Gasteiger partial charge on any atom is 0.234 e. The van der Waals surface area contributed by atoms with Crippen molar-refractivity contribution in [3.05, 3.63) is 47.6 Å². The lowest BCUT2D eigenvalue weighted by atomic mass is 10.1. The second-order valence-corrected chi connectivity index (χ2v) is 3.92. The molecule has 0 saturated carbocycles. The van der Waals surface area contributed by atoms with Gasteiger partial charge in [-0.05, 0) is 5.56 Å². The van der Waals surface area contributed by atoms with Crippen LogP contribution in [0.4, 0.5) is 0 Å². The summed E-state index contributed by atoms with van der Waals surface area (Å²) in [5.41, 5.74) is 1.10. The predicted molar refractivity (Wildman–Crippen MR) is 64.1 cm³/mol. The van der Waals surface area contributed by atoms with Gasteiger partial charge in [-0.3, -0.25) is 4.79 Å². The van der Waals surface area contributed by atoms with E-state index in [2.05, 4.69) is 10.1 Å². The van der Waals surface area contributed by atoms with Crippen molar-refractivity contribution < 1.29 is 14.1 Å². The highest BCUT2D eigenvalue weighted by atomic mass is 16.5. The summed E-state index contributed by atoms with van der Waals surface area (Å²) in [5, 5.41) is 3.85. The number of Topliss-reactive ketones (excluding diaryl/α,β-unsaturated/α-hetero) is 1. The maximum absolute atomic E-state index is 11.3. The zero-order chi connectivity index (χ0) is 12.8. The van der Waals surface area contributed by atoms with Gasteiger partial charge in [0.15, 0.2) is 11.6 Å². The molecular weight excluding hydrogens is 232 g/mol. The Hall–Kier alpha value is -2.01. The van der Waals surface area contributed by atoms with Gasteiger partial charge in [0, 0.05) is 13.5 Å². The molecule has 1 aromatic carbocycles. The minimum Gasteiger partial charge on any atom is -0.377 e. The van der Waals surface area contributed by atoms with Crippen LogP contribution in [0.5, 0.6) is 0 Å². The number of carbonyl (C=O) groups is 1. The Kier molecular flexibility index (Phi) is 4.20. The minimum atomic E-state index is -0.0765. The molecule has 1 aromatic heterocycles. The zero-order valence-electron chi connectivity index (χ0n) is 10.1. The Morgan fingerprint density at radius 3 is 2.83 bits per heavy atom. The summed E-state index contributed by atoms with van der Waals surface area (Å²) < 4.78 is 9.76. The normalized spacial score (nSPS) is 10.5. The van der Waals surface area contributed by atoms with Gasteiger partial charge in [-0.25, -0.2) is 0 Å². The van der Waals surface area contributed by atoms with Gasteiger partial charge >= 0.3 is 0 Å². The maximum atomic E-state index is 11.3. The number of methoxy groups -OCH3 is 1. The summed E-state index contributed by atoms with van der Waals surface area (Å²) in [6.07, 6.45) is 0.721. The quantitative estimate of drug-likeness (QED) is 0.771. The van der Waals surface area contributed by atoms with Gasteiger partial charge in [0.2, 0.25) is 5.89 Å². The number of hydrogen-bond donors (Lipinski definition) is 0. The molecule has 1 heterocycles. The van der Waals surface area contributed by atoms with Crippen LogP contribution in [0, 0.1) is 0 Å². The standard InChI is InChI=1S/C13H14N2O3/c1-17-9-11(16)8-13-14-12(15-18-13)7-10-5-3-2-4-6-10/h2-6H,7-9H2,1H3. The molecule has 2 aromatic rings. The van der Waals surface area contributed by atoms with E-state index in [0.29, 0.717) is 18.1 Å². The molecule has 2 rings (SSSR count). The third-order valence-corrected chi connectivity index (χ3v) is 2.37. The molecule has 0 spiro atoms. The Morgan fingerprint density at radius 1 is 1.33 bits per heavy atom. The first-order valence-corrected chi connectivity index (χ1v) is 5.64. The number of aromatic nitrogens is 2. The molecule has 0 bridgehead atoms. The van der Waals surface area contributed by atoms with Gasteiger partial charge in [0.25, 0.3) is 0 Å². The number of hydrogen-bond acceptors (Lipinski definition) is 5. The SMILES string of the molecule is COCC(=O)Cc1nc(Cc2ccccc2)no1. The van der Waals surface area contributed by atoms with Crippen LogP contribution in [0.1, 0.15) is 17.3 Å². The van der Waals surface area contributed by atoms with Crippen molar-refractivity contribution >= 4 is 5.78 Å². The number of nitrogens with zero attached hydrogens (tertiary/aromatic N) is 2.